The fraction of sp³-hybridized carbons (Fsp3) is 0. The number of fused-ring (bicyclic) bond motifs is 1. The average Bonchev–Trinajstić information content (AvgIpc) is 2.49. The van der Waals surface area contributed by atoms with E-state index in [1.807, 2.05) is 42.5 Å². The highest BCUT2D eigenvalue weighted by atomic mass is 79.9. The number of carbonyl (C=O) groups is 1. The first-order valence-corrected chi connectivity index (χ1v) is 7.18. The summed E-state index contributed by atoms with van der Waals surface area (Å²) in [6, 6.07) is 17.6. The minimum Gasteiger partial charge on any atom is -0.322 e. The van der Waals surface area contributed by atoms with Gasteiger partial charge in [0.05, 0.1) is 5.56 Å². The summed E-state index contributed by atoms with van der Waals surface area (Å²) in [7, 11) is 0. The lowest BCUT2D eigenvalue weighted by Gasteiger charge is -2.08. The third kappa shape index (κ3) is 2.95. The first-order valence-electron chi connectivity index (χ1n) is 6.39. The van der Waals surface area contributed by atoms with Crippen LogP contribution in [0.3, 0.4) is 0 Å². The summed E-state index contributed by atoms with van der Waals surface area (Å²) >= 11 is 3.26. The Kier molecular flexibility index (Phi) is 3.71. The summed E-state index contributed by atoms with van der Waals surface area (Å²) in [6.45, 7) is 0. The summed E-state index contributed by atoms with van der Waals surface area (Å²) < 4.78 is 13.8. The quantitative estimate of drug-likeness (QED) is 0.697. The molecular weight excluding hydrogens is 333 g/mol. The van der Waals surface area contributed by atoms with Gasteiger partial charge in [-0.05, 0) is 57.0 Å². The van der Waals surface area contributed by atoms with E-state index in [4.69, 9.17) is 0 Å². The number of benzene rings is 3. The zero-order valence-corrected chi connectivity index (χ0v) is 12.5. The van der Waals surface area contributed by atoms with Crippen LogP contribution < -0.4 is 5.32 Å². The van der Waals surface area contributed by atoms with Crippen molar-refractivity contribution in [1.29, 1.82) is 0 Å². The van der Waals surface area contributed by atoms with Crippen LogP contribution in [0, 0.1) is 5.82 Å². The van der Waals surface area contributed by atoms with Gasteiger partial charge in [-0.25, -0.2) is 4.39 Å². The molecule has 21 heavy (non-hydrogen) atoms. The summed E-state index contributed by atoms with van der Waals surface area (Å²) in [5, 5.41) is 4.92. The van der Waals surface area contributed by atoms with Gasteiger partial charge in [0.1, 0.15) is 5.82 Å². The third-order valence-corrected chi connectivity index (χ3v) is 3.87. The second-order valence-corrected chi connectivity index (χ2v) is 5.49. The number of carbonyl (C=O) groups excluding carboxylic acids is 1. The minimum atomic E-state index is -0.443. The number of hydrogen-bond donors (Lipinski definition) is 1. The van der Waals surface area contributed by atoms with E-state index in [9.17, 15) is 9.18 Å². The van der Waals surface area contributed by atoms with E-state index in [2.05, 4.69) is 21.2 Å². The molecule has 104 valence electrons. The highest BCUT2D eigenvalue weighted by Gasteiger charge is 2.11. The Bertz CT molecular complexity index is 832. The van der Waals surface area contributed by atoms with Gasteiger partial charge >= 0.3 is 0 Å². The molecule has 0 saturated carbocycles. The van der Waals surface area contributed by atoms with Crippen molar-refractivity contribution in [3.63, 3.8) is 0 Å². The molecule has 3 rings (SSSR count). The summed E-state index contributed by atoms with van der Waals surface area (Å²) in [6.07, 6.45) is 0. The predicted molar refractivity (Wildman–Crippen MR) is 86.0 cm³/mol. The van der Waals surface area contributed by atoms with E-state index in [1.165, 1.54) is 18.2 Å². The maximum Gasteiger partial charge on any atom is 0.256 e. The van der Waals surface area contributed by atoms with E-state index >= 15 is 0 Å². The van der Waals surface area contributed by atoms with Crippen LogP contribution in [0.5, 0.6) is 0 Å². The molecule has 0 spiro atoms. The Balaban J connectivity index is 1.90. The average molecular weight is 344 g/mol. The van der Waals surface area contributed by atoms with Crippen molar-refractivity contribution < 1.29 is 9.18 Å². The lowest BCUT2D eigenvalue weighted by molar-refractivity contribution is 0.102. The fourth-order valence-corrected chi connectivity index (χ4v) is 2.56. The third-order valence-electron chi connectivity index (χ3n) is 3.18. The fourth-order valence-electron chi connectivity index (χ4n) is 2.14. The monoisotopic (exact) mass is 343 g/mol. The SMILES string of the molecule is O=C(Nc1ccc2ccccc2c1)c1cc(F)ccc1Br. The molecule has 0 heterocycles. The van der Waals surface area contributed by atoms with Gasteiger partial charge in [0.2, 0.25) is 0 Å². The molecule has 0 aliphatic heterocycles. The minimum absolute atomic E-state index is 0.267. The predicted octanol–water partition coefficient (Wildman–Crippen LogP) is 4.99. The van der Waals surface area contributed by atoms with E-state index in [0.29, 0.717) is 10.2 Å². The van der Waals surface area contributed by atoms with Crippen LogP contribution >= 0.6 is 15.9 Å². The van der Waals surface area contributed by atoms with Crippen LogP contribution in [0.1, 0.15) is 10.4 Å². The van der Waals surface area contributed by atoms with Gasteiger partial charge in [0, 0.05) is 10.2 Å². The van der Waals surface area contributed by atoms with Crippen molar-refractivity contribution in [2.24, 2.45) is 0 Å². The first kappa shape index (κ1) is 13.8. The second-order valence-electron chi connectivity index (χ2n) is 4.64. The normalized spacial score (nSPS) is 10.6. The van der Waals surface area contributed by atoms with Crippen LogP contribution in [0.15, 0.2) is 65.1 Å². The molecule has 2 nitrogen and oxygen atoms in total. The van der Waals surface area contributed by atoms with E-state index in [-0.39, 0.29) is 11.5 Å². The number of halogens is 2. The number of nitrogens with one attached hydrogen (secondary N) is 1. The number of rotatable bonds is 2. The zero-order chi connectivity index (χ0) is 14.8. The standard InChI is InChI=1S/C17H11BrFNO/c18-16-8-6-13(19)10-15(16)17(21)20-14-7-5-11-3-1-2-4-12(11)9-14/h1-10H,(H,20,21). The van der Waals surface area contributed by atoms with Crippen LogP contribution in [0.4, 0.5) is 10.1 Å². The van der Waals surface area contributed by atoms with E-state index in [1.54, 1.807) is 0 Å². The lowest BCUT2D eigenvalue weighted by atomic mass is 10.1. The van der Waals surface area contributed by atoms with Crippen molar-refractivity contribution in [1.82, 2.24) is 0 Å². The first-order chi connectivity index (χ1) is 10.1. The van der Waals surface area contributed by atoms with E-state index < -0.39 is 5.82 Å². The van der Waals surface area contributed by atoms with Gasteiger partial charge < -0.3 is 5.32 Å². The van der Waals surface area contributed by atoms with Crippen LogP contribution in [-0.2, 0) is 0 Å². The Morgan fingerprint density at radius 2 is 1.71 bits per heavy atom. The molecule has 1 amide bonds. The molecule has 4 heteroatoms. The van der Waals surface area contributed by atoms with Gasteiger partial charge in [-0.15, -0.1) is 0 Å². The smallest absolute Gasteiger partial charge is 0.256 e. The van der Waals surface area contributed by atoms with Gasteiger partial charge in [-0.1, -0.05) is 30.3 Å². The topological polar surface area (TPSA) is 29.1 Å². The van der Waals surface area contributed by atoms with Gasteiger partial charge in [-0.2, -0.15) is 0 Å². The Morgan fingerprint density at radius 3 is 2.52 bits per heavy atom. The van der Waals surface area contributed by atoms with Crippen molar-refractivity contribution in [3.05, 3.63) is 76.5 Å². The Hall–Kier alpha value is -2.20. The lowest BCUT2D eigenvalue weighted by Crippen LogP contribution is -2.12. The largest absolute Gasteiger partial charge is 0.322 e. The molecule has 1 N–H and O–H groups in total. The molecule has 0 saturated heterocycles. The van der Waals surface area contributed by atoms with Crippen molar-refractivity contribution in [2.75, 3.05) is 5.32 Å². The zero-order valence-electron chi connectivity index (χ0n) is 10.9. The van der Waals surface area contributed by atoms with Crippen LogP contribution in [0.25, 0.3) is 10.8 Å². The molecule has 0 fully saturated rings. The molecule has 0 bridgehead atoms. The number of amides is 1. The van der Waals surface area contributed by atoms with Crippen molar-refractivity contribution in [3.8, 4) is 0 Å². The van der Waals surface area contributed by atoms with Crippen LogP contribution in [-0.4, -0.2) is 5.91 Å². The Morgan fingerprint density at radius 1 is 0.952 bits per heavy atom. The summed E-state index contributed by atoms with van der Waals surface area (Å²) in [5.41, 5.74) is 0.943. The molecule has 3 aromatic carbocycles. The second kappa shape index (κ2) is 5.66. The molecule has 0 aliphatic carbocycles. The van der Waals surface area contributed by atoms with Gasteiger partial charge in [0.15, 0.2) is 0 Å². The van der Waals surface area contributed by atoms with Gasteiger partial charge in [-0.3, -0.25) is 4.79 Å². The number of anilines is 1. The van der Waals surface area contributed by atoms with Crippen molar-refractivity contribution in [2.45, 2.75) is 0 Å². The summed E-state index contributed by atoms with van der Waals surface area (Å²) in [4.78, 5) is 12.2. The molecule has 0 aromatic heterocycles. The molecular formula is C17H11BrFNO. The Labute approximate surface area is 129 Å². The van der Waals surface area contributed by atoms with Crippen LogP contribution in [0.2, 0.25) is 0 Å². The van der Waals surface area contributed by atoms with E-state index in [0.717, 1.165) is 10.8 Å². The molecule has 0 radical (unpaired) electrons. The summed E-state index contributed by atoms with van der Waals surface area (Å²) in [5.74, 6) is -0.793. The molecule has 0 atom stereocenters. The highest BCUT2D eigenvalue weighted by molar-refractivity contribution is 9.10. The maximum absolute atomic E-state index is 13.3. The molecule has 0 aliphatic rings. The molecule has 0 unspecified atom stereocenters. The maximum atomic E-state index is 13.3. The number of hydrogen-bond acceptors (Lipinski definition) is 1. The molecule has 3 aromatic rings. The van der Waals surface area contributed by atoms with Crippen molar-refractivity contribution >= 4 is 38.3 Å². The highest BCUT2D eigenvalue weighted by Crippen LogP contribution is 2.22. The van der Waals surface area contributed by atoms with Gasteiger partial charge in [0.25, 0.3) is 5.91 Å².